The Labute approximate surface area is 131 Å². The van der Waals surface area contributed by atoms with Crippen molar-refractivity contribution in [3.63, 3.8) is 0 Å². The second kappa shape index (κ2) is 4.01. The lowest BCUT2D eigenvalue weighted by atomic mass is 9.94. The van der Waals surface area contributed by atoms with Crippen LogP contribution in [0.2, 0.25) is 0 Å². The summed E-state index contributed by atoms with van der Waals surface area (Å²) in [7, 11) is 2.20. The Bertz CT molecular complexity index is 991. The van der Waals surface area contributed by atoms with Crippen molar-refractivity contribution < 1.29 is 0 Å². The van der Waals surface area contributed by atoms with Gasteiger partial charge >= 0.3 is 0 Å². The number of anilines is 1. The zero-order valence-corrected chi connectivity index (χ0v) is 14.2. The van der Waals surface area contributed by atoms with Gasteiger partial charge in [0.25, 0.3) is 0 Å². The summed E-state index contributed by atoms with van der Waals surface area (Å²) in [6.45, 7) is 11.2. The Kier molecular flexibility index (Phi) is 2.47. The van der Waals surface area contributed by atoms with Gasteiger partial charge < -0.3 is 4.90 Å². The Morgan fingerprint density at radius 1 is 1.00 bits per heavy atom. The van der Waals surface area contributed by atoms with Gasteiger partial charge in [0, 0.05) is 28.9 Å². The van der Waals surface area contributed by atoms with Gasteiger partial charge in [-0.25, -0.2) is 0 Å². The third-order valence-corrected chi connectivity index (χ3v) is 5.83. The van der Waals surface area contributed by atoms with Crippen LogP contribution in [0, 0.1) is 0 Å². The molecule has 0 atom stereocenters. The molecule has 0 N–H and O–H groups in total. The van der Waals surface area contributed by atoms with E-state index in [0.717, 1.165) is 5.70 Å². The largest absolute Gasteiger partial charge is 0.365 e. The van der Waals surface area contributed by atoms with E-state index in [0.29, 0.717) is 0 Å². The number of benzene rings is 2. The standard InChI is InChI=1S/C20H22N2/c1-11-13(3)21-18-16(11)14-9-7-8-10-15(14)19-17(18)12(2)20(4,5)22(19)6/h7-10H,1-6H3. The van der Waals surface area contributed by atoms with Gasteiger partial charge in [-0.1, -0.05) is 24.3 Å². The first-order valence-electron chi connectivity index (χ1n) is 7.92. The predicted octanol–water partition coefficient (Wildman–Crippen LogP) is 3.62. The summed E-state index contributed by atoms with van der Waals surface area (Å²) in [5.41, 5.74) is 6.57. The highest BCUT2D eigenvalue weighted by atomic mass is 15.2. The molecule has 4 rings (SSSR count). The first-order chi connectivity index (χ1) is 10.4. The molecule has 0 unspecified atom stereocenters. The first-order valence-corrected chi connectivity index (χ1v) is 7.92. The van der Waals surface area contributed by atoms with Crippen molar-refractivity contribution in [3.05, 3.63) is 46.1 Å². The SMILES string of the molecule is CC1=C(C)c2c(c3c(c4ccccc24)N(C)C(C)(C)C=3C)=N1. The molecular formula is C20H22N2. The Balaban J connectivity index is 2.36. The molecule has 2 aliphatic heterocycles. The molecule has 2 aromatic rings. The van der Waals surface area contributed by atoms with Crippen LogP contribution in [-0.4, -0.2) is 12.6 Å². The highest BCUT2D eigenvalue weighted by Gasteiger charge is 2.36. The quantitative estimate of drug-likeness (QED) is 0.723. The summed E-state index contributed by atoms with van der Waals surface area (Å²) in [6.07, 6.45) is 0. The molecular weight excluding hydrogens is 268 g/mol. The van der Waals surface area contributed by atoms with Gasteiger partial charge in [-0.3, -0.25) is 4.99 Å². The first kappa shape index (κ1) is 13.6. The van der Waals surface area contributed by atoms with E-state index in [9.17, 15) is 0 Å². The summed E-state index contributed by atoms with van der Waals surface area (Å²) in [5, 5.41) is 5.19. The van der Waals surface area contributed by atoms with Crippen molar-refractivity contribution in [2.75, 3.05) is 11.9 Å². The van der Waals surface area contributed by atoms with Gasteiger partial charge in [-0.2, -0.15) is 0 Å². The molecule has 22 heavy (non-hydrogen) atoms. The monoisotopic (exact) mass is 290 g/mol. The lowest BCUT2D eigenvalue weighted by Crippen LogP contribution is -2.38. The number of allylic oxidation sites excluding steroid dienone is 2. The molecule has 0 aliphatic carbocycles. The minimum atomic E-state index is 0.0279. The van der Waals surface area contributed by atoms with Gasteiger partial charge in [0.1, 0.15) is 0 Å². The topological polar surface area (TPSA) is 15.6 Å². The molecule has 0 fully saturated rings. The third-order valence-electron chi connectivity index (χ3n) is 5.83. The molecule has 0 amide bonds. The van der Waals surface area contributed by atoms with E-state index < -0.39 is 0 Å². The summed E-state index contributed by atoms with van der Waals surface area (Å²) >= 11 is 0. The summed E-state index contributed by atoms with van der Waals surface area (Å²) < 4.78 is 0. The Morgan fingerprint density at radius 3 is 2.32 bits per heavy atom. The maximum atomic E-state index is 4.94. The summed E-state index contributed by atoms with van der Waals surface area (Å²) in [4.78, 5) is 7.35. The maximum Gasteiger partial charge on any atom is 0.0808 e. The predicted molar refractivity (Wildman–Crippen MR) is 94.6 cm³/mol. The van der Waals surface area contributed by atoms with E-state index >= 15 is 0 Å². The van der Waals surface area contributed by atoms with Gasteiger partial charge in [0.2, 0.25) is 0 Å². The molecule has 112 valence electrons. The molecule has 2 nitrogen and oxygen atoms in total. The zero-order valence-electron chi connectivity index (χ0n) is 14.2. The van der Waals surface area contributed by atoms with Crippen LogP contribution in [0.5, 0.6) is 0 Å². The van der Waals surface area contributed by atoms with Crippen LogP contribution in [0.4, 0.5) is 5.69 Å². The number of hydrogen-bond acceptors (Lipinski definition) is 2. The van der Waals surface area contributed by atoms with Crippen molar-refractivity contribution in [2.24, 2.45) is 4.99 Å². The Morgan fingerprint density at radius 2 is 1.64 bits per heavy atom. The van der Waals surface area contributed by atoms with Crippen molar-refractivity contribution in [1.82, 2.24) is 0 Å². The number of rotatable bonds is 0. The summed E-state index contributed by atoms with van der Waals surface area (Å²) in [6, 6.07) is 8.76. The fourth-order valence-electron chi connectivity index (χ4n) is 3.87. The van der Waals surface area contributed by atoms with Crippen LogP contribution in [-0.2, 0) is 0 Å². The van der Waals surface area contributed by atoms with Crippen molar-refractivity contribution in [3.8, 4) is 0 Å². The van der Waals surface area contributed by atoms with E-state index in [1.54, 1.807) is 0 Å². The van der Waals surface area contributed by atoms with Gasteiger partial charge in [0.15, 0.2) is 0 Å². The van der Waals surface area contributed by atoms with Gasteiger partial charge in [-0.15, -0.1) is 0 Å². The zero-order chi connectivity index (χ0) is 15.8. The fraction of sp³-hybridized carbons (Fsp3) is 0.350. The molecule has 0 bridgehead atoms. The van der Waals surface area contributed by atoms with Gasteiger partial charge in [0.05, 0.1) is 16.6 Å². The number of fused-ring (bicyclic) bond motifs is 6. The van der Waals surface area contributed by atoms with E-state index in [1.807, 2.05) is 0 Å². The average molecular weight is 290 g/mol. The highest BCUT2D eigenvalue weighted by molar-refractivity contribution is 6.04. The smallest absolute Gasteiger partial charge is 0.0808 e. The van der Waals surface area contributed by atoms with Crippen LogP contribution >= 0.6 is 0 Å². The average Bonchev–Trinajstić information content (AvgIpc) is 2.88. The lowest BCUT2D eigenvalue weighted by Gasteiger charge is -2.33. The van der Waals surface area contributed by atoms with Gasteiger partial charge in [-0.05, 0) is 51.2 Å². The van der Waals surface area contributed by atoms with Crippen LogP contribution in [0.3, 0.4) is 0 Å². The molecule has 0 radical (unpaired) electrons. The van der Waals surface area contributed by atoms with Crippen LogP contribution < -0.4 is 15.5 Å². The third kappa shape index (κ3) is 1.38. The molecule has 2 aromatic carbocycles. The molecule has 0 saturated carbocycles. The molecule has 0 spiro atoms. The second-order valence-corrected chi connectivity index (χ2v) is 7.06. The fourth-order valence-corrected chi connectivity index (χ4v) is 3.87. The second-order valence-electron chi connectivity index (χ2n) is 7.06. The van der Waals surface area contributed by atoms with Crippen LogP contribution in [0.25, 0.3) is 21.9 Å². The summed E-state index contributed by atoms with van der Waals surface area (Å²) in [5.74, 6) is 0. The Hall–Kier alpha value is -2.09. The van der Waals surface area contributed by atoms with Crippen LogP contribution in [0.15, 0.2) is 35.0 Å². The van der Waals surface area contributed by atoms with E-state index in [4.69, 9.17) is 4.99 Å². The molecule has 0 saturated heterocycles. The molecule has 2 aliphatic rings. The molecule has 2 heteroatoms. The maximum absolute atomic E-state index is 4.94. The number of hydrogen-bond donors (Lipinski definition) is 0. The highest BCUT2D eigenvalue weighted by Crippen LogP contribution is 2.38. The van der Waals surface area contributed by atoms with Crippen molar-refractivity contribution in [1.29, 1.82) is 0 Å². The van der Waals surface area contributed by atoms with E-state index in [2.05, 4.69) is 70.8 Å². The van der Waals surface area contributed by atoms with E-state index in [-0.39, 0.29) is 5.54 Å². The molecule has 0 aromatic heterocycles. The number of nitrogens with zero attached hydrogens (tertiary/aromatic N) is 2. The van der Waals surface area contributed by atoms with Crippen LogP contribution in [0.1, 0.15) is 40.2 Å². The van der Waals surface area contributed by atoms with E-state index in [1.165, 1.54) is 43.7 Å². The van der Waals surface area contributed by atoms with Crippen molar-refractivity contribution >= 4 is 27.6 Å². The normalized spacial score (nSPS) is 18.8. The molecule has 2 heterocycles. The van der Waals surface area contributed by atoms with Crippen molar-refractivity contribution in [2.45, 2.75) is 40.2 Å². The minimum Gasteiger partial charge on any atom is -0.365 e. The lowest BCUT2D eigenvalue weighted by molar-refractivity contribution is 0.633. The minimum absolute atomic E-state index is 0.0279.